The number of hydrogen-bond donors (Lipinski definition) is 1. The van der Waals surface area contributed by atoms with Crippen LogP contribution in [0.25, 0.3) is 21.1 Å². The number of thiazole rings is 2. The largest absolute Gasteiger partial charge is 0.497 e. The molecule has 3 aromatic heterocycles. The second kappa shape index (κ2) is 10.6. The molecule has 0 spiro atoms. The summed E-state index contributed by atoms with van der Waals surface area (Å²) < 4.78 is 11.7. The third kappa shape index (κ3) is 5.02. The van der Waals surface area contributed by atoms with Gasteiger partial charge in [-0.15, -0.1) is 11.3 Å². The number of amides is 2. The normalized spacial score (nSPS) is 14.1. The molecule has 1 fully saturated rings. The van der Waals surface area contributed by atoms with Crippen molar-refractivity contribution in [1.29, 1.82) is 0 Å². The first-order chi connectivity index (χ1) is 19.0. The van der Waals surface area contributed by atoms with Crippen molar-refractivity contribution >= 4 is 60.7 Å². The van der Waals surface area contributed by atoms with Crippen LogP contribution in [0.4, 0.5) is 5.13 Å². The molecule has 0 bridgehead atoms. The van der Waals surface area contributed by atoms with Crippen LogP contribution in [0.3, 0.4) is 0 Å². The molecule has 11 heteroatoms. The maximum atomic E-state index is 13.3. The van der Waals surface area contributed by atoms with Crippen molar-refractivity contribution in [2.24, 2.45) is 0 Å². The number of methoxy groups -OCH3 is 2. The van der Waals surface area contributed by atoms with Crippen LogP contribution in [0.5, 0.6) is 11.5 Å². The summed E-state index contributed by atoms with van der Waals surface area (Å²) in [5.74, 6) is 1.18. The maximum Gasteiger partial charge on any atom is 0.276 e. The summed E-state index contributed by atoms with van der Waals surface area (Å²) in [5, 5.41) is 6.95. The standard InChI is InChI=1S/C28H25N5O4S2/c1-36-17-7-8-20-24(13-17)39-28(31-20)32-25(34)22-15-38-26(30-22)16-9-11-33(12-10-16)27(35)21-14-23(37-2)18-5-3-4-6-19(18)29-21/h3-8,13-16H,9-12H2,1-2H3,(H,31,32,34). The Morgan fingerprint density at radius 3 is 2.56 bits per heavy atom. The molecular weight excluding hydrogens is 534 g/mol. The number of hydrogen-bond acceptors (Lipinski definition) is 9. The van der Waals surface area contributed by atoms with Gasteiger partial charge < -0.3 is 14.4 Å². The van der Waals surface area contributed by atoms with Gasteiger partial charge in [0.2, 0.25) is 0 Å². The van der Waals surface area contributed by atoms with E-state index >= 15 is 0 Å². The van der Waals surface area contributed by atoms with Crippen LogP contribution in [0.1, 0.15) is 44.7 Å². The highest BCUT2D eigenvalue weighted by Crippen LogP contribution is 2.33. The fourth-order valence-corrected chi connectivity index (χ4v) is 6.60. The van der Waals surface area contributed by atoms with Crippen molar-refractivity contribution in [2.75, 3.05) is 32.6 Å². The van der Waals surface area contributed by atoms with Gasteiger partial charge in [-0.3, -0.25) is 14.9 Å². The molecule has 0 saturated carbocycles. The minimum atomic E-state index is -0.285. The molecule has 4 heterocycles. The van der Waals surface area contributed by atoms with Crippen molar-refractivity contribution < 1.29 is 19.1 Å². The highest BCUT2D eigenvalue weighted by Gasteiger charge is 2.28. The van der Waals surface area contributed by atoms with Crippen molar-refractivity contribution in [3.05, 3.63) is 70.3 Å². The zero-order chi connectivity index (χ0) is 26.9. The number of carbonyl (C=O) groups is 2. The lowest BCUT2D eigenvalue weighted by atomic mass is 9.97. The predicted octanol–water partition coefficient (Wildman–Crippen LogP) is 5.59. The number of nitrogens with one attached hydrogen (secondary N) is 1. The predicted molar refractivity (Wildman–Crippen MR) is 152 cm³/mol. The zero-order valence-corrected chi connectivity index (χ0v) is 23.0. The first-order valence-corrected chi connectivity index (χ1v) is 14.2. The smallest absolute Gasteiger partial charge is 0.276 e. The summed E-state index contributed by atoms with van der Waals surface area (Å²) in [6.45, 7) is 1.19. The molecule has 39 heavy (non-hydrogen) atoms. The molecule has 1 saturated heterocycles. The highest BCUT2D eigenvalue weighted by molar-refractivity contribution is 7.22. The van der Waals surface area contributed by atoms with Crippen molar-refractivity contribution in [2.45, 2.75) is 18.8 Å². The molecule has 2 aromatic carbocycles. The lowest BCUT2D eigenvalue weighted by molar-refractivity contribution is 0.0707. The lowest BCUT2D eigenvalue weighted by Gasteiger charge is -2.31. The minimum absolute atomic E-state index is 0.106. The quantitative estimate of drug-likeness (QED) is 0.289. The van der Waals surface area contributed by atoms with Gasteiger partial charge in [0.1, 0.15) is 22.9 Å². The molecule has 1 aliphatic rings. The number of anilines is 1. The van der Waals surface area contributed by atoms with Gasteiger partial charge in [-0.1, -0.05) is 23.5 Å². The number of fused-ring (bicyclic) bond motifs is 2. The van der Waals surface area contributed by atoms with E-state index in [9.17, 15) is 9.59 Å². The van der Waals surface area contributed by atoms with E-state index in [1.165, 1.54) is 22.7 Å². The second-order valence-electron chi connectivity index (χ2n) is 9.17. The van der Waals surface area contributed by atoms with Gasteiger partial charge in [-0.2, -0.15) is 0 Å². The average Bonchev–Trinajstić information content (AvgIpc) is 3.63. The van der Waals surface area contributed by atoms with E-state index in [1.807, 2.05) is 47.4 Å². The molecule has 0 radical (unpaired) electrons. The van der Waals surface area contributed by atoms with E-state index in [0.29, 0.717) is 35.4 Å². The van der Waals surface area contributed by atoms with E-state index in [-0.39, 0.29) is 17.7 Å². The maximum absolute atomic E-state index is 13.3. The molecule has 198 valence electrons. The Bertz CT molecular complexity index is 1690. The van der Waals surface area contributed by atoms with Crippen LogP contribution in [-0.2, 0) is 0 Å². The van der Waals surface area contributed by atoms with Gasteiger partial charge in [0.15, 0.2) is 5.13 Å². The Hall–Kier alpha value is -4.09. The van der Waals surface area contributed by atoms with E-state index < -0.39 is 0 Å². The van der Waals surface area contributed by atoms with Gasteiger partial charge in [0, 0.05) is 35.8 Å². The zero-order valence-electron chi connectivity index (χ0n) is 21.3. The van der Waals surface area contributed by atoms with Crippen molar-refractivity contribution in [1.82, 2.24) is 19.9 Å². The molecule has 0 aliphatic carbocycles. The molecule has 1 aliphatic heterocycles. The molecule has 2 amide bonds. The first kappa shape index (κ1) is 25.2. The monoisotopic (exact) mass is 559 g/mol. The summed E-state index contributed by atoms with van der Waals surface area (Å²) >= 11 is 2.87. The first-order valence-electron chi connectivity index (χ1n) is 12.5. The van der Waals surface area contributed by atoms with Gasteiger partial charge >= 0.3 is 0 Å². The number of pyridine rings is 1. The van der Waals surface area contributed by atoms with Gasteiger partial charge in [0.05, 0.1) is 35.0 Å². The second-order valence-corrected chi connectivity index (χ2v) is 11.1. The molecule has 9 nitrogen and oxygen atoms in total. The molecular formula is C28H25N5O4S2. The highest BCUT2D eigenvalue weighted by atomic mass is 32.1. The molecule has 6 rings (SSSR count). The van der Waals surface area contributed by atoms with E-state index in [1.54, 1.807) is 25.7 Å². The fourth-order valence-electron chi connectivity index (χ4n) is 4.74. The summed E-state index contributed by atoms with van der Waals surface area (Å²) in [7, 11) is 3.21. The summed E-state index contributed by atoms with van der Waals surface area (Å²) in [6.07, 6.45) is 1.54. The number of likely N-dealkylation sites (tertiary alicyclic amines) is 1. The fraction of sp³-hybridized carbons (Fsp3) is 0.250. The third-order valence-electron chi connectivity index (χ3n) is 6.82. The van der Waals surface area contributed by atoms with E-state index in [0.717, 1.165) is 44.7 Å². The Kier molecular flexibility index (Phi) is 6.84. The van der Waals surface area contributed by atoms with Crippen LogP contribution < -0.4 is 14.8 Å². The lowest BCUT2D eigenvalue weighted by Crippen LogP contribution is -2.38. The Balaban J connectivity index is 1.09. The van der Waals surface area contributed by atoms with Crippen LogP contribution in [0.15, 0.2) is 53.9 Å². The Labute approximate surface area is 232 Å². The number of nitrogens with zero attached hydrogens (tertiary/aromatic N) is 4. The minimum Gasteiger partial charge on any atom is -0.497 e. The topological polar surface area (TPSA) is 107 Å². The van der Waals surface area contributed by atoms with Gasteiger partial charge in [-0.25, -0.2) is 15.0 Å². The number of carbonyl (C=O) groups excluding carboxylic acids is 2. The molecule has 0 atom stereocenters. The number of piperidine rings is 1. The summed E-state index contributed by atoms with van der Waals surface area (Å²) in [4.78, 5) is 41.6. The number of para-hydroxylation sites is 1. The number of aromatic nitrogens is 3. The van der Waals surface area contributed by atoms with Crippen LogP contribution >= 0.6 is 22.7 Å². The number of rotatable bonds is 6. The summed E-state index contributed by atoms with van der Waals surface area (Å²) in [6, 6.07) is 14.9. The molecule has 5 aromatic rings. The average molecular weight is 560 g/mol. The van der Waals surface area contributed by atoms with Gasteiger partial charge in [0.25, 0.3) is 11.8 Å². The SMILES string of the molecule is COc1ccc2nc(NC(=O)c3csc(C4CCN(C(=O)c5cc(OC)c6ccccc6n5)CC4)n3)sc2c1. The van der Waals surface area contributed by atoms with Gasteiger partial charge in [-0.05, 0) is 43.2 Å². The van der Waals surface area contributed by atoms with Crippen molar-refractivity contribution in [3.63, 3.8) is 0 Å². The Morgan fingerprint density at radius 2 is 1.77 bits per heavy atom. The van der Waals surface area contributed by atoms with Crippen LogP contribution in [-0.4, -0.2) is 59.0 Å². The van der Waals surface area contributed by atoms with Crippen LogP contribution in [0.2, 0.25) is 0 Å². The Morgan fingerprint density at radius 1 is 0.949 bits per heavy atom. The van der Waals surface area contributed by atoms with Crippen molar-refractivity contribution in [3.8, 4) is 11.5 Å². The van der Waals surface area contributed by atoms with E-state index in [4.69, 9.17) is 9.47 Å². The summed E-state index contributed by atoms with van der Waals surface area (Å²) in [5.41, 5.74) is 2.28. The third-order valence-corrected chi connectivity index (χ3v) is 8.76. The molecule has 1 N–H and O–H groups in total. The van der Waals surface area contributed by atoms with Crippen LogP contribution in [0, 0.1) is 0 Å². The molecule has 0 unspecified atom stereocenters. The number of ether oxygens (including phenoxy) is 2. The van der Waals surface area contributed by atoms with E-state index in [2.05, 4.69) is 20.3 Å². The number of benzene rings is 2.